The van der Waals surface area contributed by atoms with Crippen LogP contribution in [-0.4, -0.2) is 30.8 Å². The summed E-state index contributed by atoms with van der Waals surface area (Å²) in [5.74, 6) is 0.802. The van der Waals surface area contributed by atoms with E-state index < -0.39 is 8.07 Å². The zero-order valence-electron chi connectivity index (χ0n) is 15.2. The fourth-order valence-corrected chi connectivity index (χ4v) is 3.28. The molecule has 23 heavy (non-hydrogen) atoms. The topological polar surface area (TPSA) is 36.3 Å². The third-order valence-corrected chi connectivity index (χ3v) is 5.54. The summed E-state index contributed by atoms with van der Waals surface area (Å²) < 4.78 is 13.6. The lowest BCUT2D eigenvalue weighted by atomic mass is 10.1. The molecule has 1 aliphatic rings. The minimum atomic E-state index is -1.02. The van der Waals surface area contributed by atoms with Crippen LogP contribution < -0.4 is 4.74 Å². The van der Waals surface area contributed by atoms with Gasteiger partial charge in [-0.05, 0) is 31.0 Å². The van der Waals surface area contributed by atoms with Crippen molar-refractivity contribution in [3.8, 4) is 5.88 Å². The van der Waals surface area contributed by atoms with Crippen LogP contribution in [-0.2, 0) is 17.9 Å². The van der Waals surface area contributed by atoms with E-state index >= 15 is 0 Å². The van der Waals surface area contributed by atoms with E-state index in [1.807, 2.05) is 13.8 Å². The molecule has 1 aliphatic heterocycles. The molecule has 0 atom stereocenters. The van der Waals surface area contributed by atoms with E-state index in [0.717, 1.165) is 37.6 Å². The predicted molar refractivity (Wildman–Crippen MR) is 99.0 cm³/mol. The third kappa shape index (κ3) is 4.82. The molecule has 5 heteroatoms. The smallest absolute Gasteiger partial charge is 0.218 e. The van der Waals surface area contributed by atoms with Crippen molar-refractivity contribution in [2.24, 2.45) is 0 Å². The molecule has 0 saturated carbocycles. The van der Waals surface area contributed by atoms with E-state index in [2.05, 4.69) is 47.5 Å². The molecule has 0 radical (unpaired) electrons. The van der Waals surface area contributed by atoms with Crippen molar-refractivity contribution in [3.63, 3.8) is 0 Å². The molecule has 0 aliphatic carbocycles. The zero-order valence-corrected chi connectivity index (χ0v) is 16.2. The van der Waals surface area contributed by atoms with Crippen LogP contribution in [0.2, 0.25) is 25.7 Å². The van der Waals surface area contributed by atoms with Gasteiger partial charge in [0, 0.05) is 31.8 Å². The summed E-state index contributed by atoms with van der Waals surface area (Å²) >= 11 is 0. The van der Waals surface area contributed by atoms with Crippen molar-refractivity contribution in [2.45, 2.75) is 59.1 Å². The van der Waals surface area contributed by atoms with Crippen molar-refractivity contribution in [2.75, 3.05) is 13.2 Å². The minimum absolute atomic E-state index is 0.569. The van der Waals surface area contributed by atoms with Gasteiger partial charge in [0.25, 0.3) is 0 Å². The Kier molecular flexibility index (Phi) is 6.24. The van der Waals surface area contributed by atoms with Gasteiger partial charge in [0.2, 0.25) is 5.88 Å². The van der Waals surface area contributed by atoms with Crippen LogP contribution in [0.3, 0.4) is 0 Å². The Hall–Kier alpha value is -1.33. The monoisotopic (exact) mass is 334 g/mol. The van der Waals surface area contributed by atoms with Gasteiger partial charge in [-0.1, -0.05) is 33.5 Å². The summed E-state index contributed by atoms with van der Waals surface area (Å²) in [7, 11) is -1.02. The molecule has 0 bridgehead atoms. The Morgan fingerprint density at radius 3 is 2.83 bits per heavy atom. The van der Waals surface area contributed by atoms with Crippen LogP contribution >= 0.6 is 0 Å². The van der Waals surface area contributed by atoms with Crippen LogP contribution in [0.25, 0.3) is 11.0 Å². The first-order valence-corrected chi connectivity index (χ1v) is 12.4. The van der Waals surface area contributed by atoms with E-state index in [0.29, 0.717) is 6.73 Å². The summed E-state index contributed by atoms with van der Waals surface area (Å²) in [4.78, 5) is 4.67. The van der Waals surface area contributed by atoms with Crippen molar-refractivity contribution in [1.82, 2.24) is 9.55 Å². The Morgan fingerprint density at radius 1 is 1.30 bits per heavy atom. The zero-order chi connectivity index (χ0) is 16.9. The predicted octanol–water partition coefficient (Wildman–Crippen LogP) is 4.70. The Balaban J connectivity index is 0.000000924. The molecule has 0 aromatic carbocycles. The van der Waals surface area contributed by atoms with Crippen LogP contribution in [0.1, 0.15) is 25.8 Å². The van der Waals surface area contributed by atoms with Crippen LogP contribution in [0, 0.1) is 0 Å². The Bertz CT molecular complexity index is 632. The van der Waals surface area contributed by atoms with E-state index in [9.17, 15) is 0 Å². The first-order chi connectivity index (χ1) is 11.0. The molecule has 0 unspecified atom stereocenters. The number of hydrogen-bond acceptors (Lipinski definition) is 3. The molecule has 0 amide bonds. The van der Waals surface area contributed by atoms with Crippen LogP contribution in [0.4, 0.5) is 0 Å². The number of fused-ring (bicyclic) bond motifs is 2. The van der Waals surface area contributed by atoms with E-state index in [1.165, 1.54) is 17.0 Å². The number of aromatic nitrogens is 2. The normalized spacial score (nSPS) is 14.0. The fourth-order valence-electron chi connectivity index (χ4n) is 2.52. The lowest BCUT2D eigenvalue weighted by Crippen LogP contribution is -2.22. The van der Waals surface area contributed by atoms with Gasteiger partial charge in [0.05, 0.1) is 6.61 Å². The maximum Gasteiger partial charge on any atom is 0.218 e. The average molecular weight is 335 g/mol. The molecule has 3 rings (SSSR count). The third-order valence-electron chi connectivity index (χ3n) is 3.83. The number of hydrogen-bond donors (Lipinski definition) is 0. The standard InChI is InChI=1S/C16H24N2O2Si.C2H6/c1-21(2,3)10-9-19-12-18-7-6-13-11-14-5-4-8-20-16(14)17-15(13)18;1-2/h6-7,11H,4-5,8-10,12H2,1-3H3;1-2H3. The molecule has 3 heterocycles. The molecule has 2 aromatic heterocycles. The van der Waals surface area contributed by atoms with Crippen molar-refractivity contribution >= 4 is 19.1 Å². The molecular formula is C18H30N2O2Si. The summed E-state index contributed by atoms with van der Waals surface area (Å²) in [6.45, 7) is 13.3. The summed E-state index contributed by atoms with van der Waals surface area (Å²) in [6.07, 6.45) is 4.20. The summed E-state index contributed by atoms with van der Waals surface area (Å²) in [5, 5.41) is 1.17. The SMILES string of the molecule is CC.C[Si](C)(C)CCOCn1ccc2cc3c(nc21)OCCC3. The molecule has 0 fully saturated rings. The van der Waals surface area contributed by atoms with Crippen molar-refractivity contribution in [3.05, 3.63) is 23.9 Å². The molecule has 2 aromatic rings. The van der Waals surface area contributed by atoms with Gasteiger partial charge in [-0.2, -0.15) is 4.98 Å². The van der Waals surface area contributed by atoms with Crippen molar-refractivity contribution in [1.29, 1.82) is 0 Å². The number of aryl methyl sites for hydroxylation is 1. The quantitative estimate of drug-likeness (QED) is 0.587. The maximum atomic E-state index is 5.82. The van der Waals surface area contributed by atoms with Gasteiger partial charge < -0.3 is 14.0 Å². The van der Waals surface area contributed by atoms with Crippen molar-refractivity contribution < 1.29 is 9.47 Å². The molecule has 0 spiro atoms. The van der Waals surface area contributed by atoms with Gasteiger partial charge in [0.1, 0.15) is 12.4 Å². The number of pyridine rings is 1. The minimum Gasteiger partial charge on any atom is -0.477 e. The average Bonchev–Trinajstić information content (AvgIpc) is 2.92. The molecule has 0 N–H and O–H groups in total. The second-order valence-corrected chi connectivity index (χ2v) is 12.6. The highest BCUT2D eigenvalue weighted by Crippen LogP contribution is 2.27. The largest absolute Gasteiger partial charge is 0.477 e. The van der Waals surface area contributed by atoms with Crippen LogP contribution in [0.15, 0.2) is 18.3 Å². The summed E-state index contributed by atoms with van der Waals surface area (Å²) in [5.41, 5.74) is 2.19. The lowest BCUT2D eigenvalue weighted by molar-refractivity contribution is 0.0898. The first-order valence-electron chi connectivity index (χ1n) is 8.72. The molecular weight excluding hydrogens is 304 g/mol. The summed E-state index contributed by atoms with van der Waals surface area (Å²) in [6, 6.07) is 5.51. The van der Waals surface area contributed by atoms with Gasteiger partial charge >= 0.3 is 0 Å². The second-order valence-electron chi connectivity index (χ2n) is 6.95. The van der Waals surface area contributed by atoms with Gasteiger partial charge in [0.15, 0.2) is 0 Å². The fraction of sp³-hybridized carbons (Fsp3) is 0.611. The number of rotatable bonds is 5. The second kappa shape index (κ2) is 7.97. The van der Waals surface area contributed by atoms with E-state index in [4.69, 9.17) is 9.47 Å². The maximum absolute atomic E-state index is 5.82. The van der Waals surface area contributed by atoms with E-state index in [1.54, 1.807) is 0 Å². The van der Waals surface area contributed by atoms with E-state index in [-0.39, 0.29) is 0 Å². The Morgan fingerprint density at radius 2 is 2.09 bits per heavy atom. The Labute approximate surface area is 140 Å². The molecule has 4 nitrogen and oxygen atoms in total. The van der Waals surface area contributed by atoms with Gasteiger partial charge in [-0.3, -0.25) is 0 Å². The highest BCUT2D eigenvalue weighted by molar-refractivity contribution is 6.76. The molecule has 128 valence electrons. The van der Waals surface area contributed by atoms with Gasteiger partial charge in [-0.15, -0.1) is 0 Å². The van der Waals surface area contributed by atoms with Crippen LogP contribution in [0.5, 0.6) is 5.88 Å². The molecule has 0 saturated heterocycles. The number of nitrogens with zero attached hydrogens (tertiary/aromatic N) is 2. The van der Waals surface area contributed by atoms with Gasteiger partial charge in [-0.25, -0.2) is 0 Å². The highest BCUT2D eigenvalue weighted by atomic mass is 28.3. The first kappa shape index (κ1) is 18.0. The number of ether oxygens (including phenoxy) is 2. The lowest BCUT2D eigenvalue weighted by Gasteiger charge is -2.17. The highest BCUT2D eigenvalue weighted by Gasteiger charge is 2.15.